The fourth-order valence-corrected chi connectivity index (χ4v) is 2.42. The van der Waals surface area contributed by atoms with Crippen LogP contribution in [0.15, 0.2) is 40.9 Å². The summed E-state index contributed by atoms with van der Waals surface area (Å²) in [5.41, 5.74) is 3.24. The highest BCUT2D eigenvalue weighted by molar-refractivity contribution is 9.10. The molecular weight excluding hydrogens is 333 g/mol. The van der Waals surface area contributed by atoms with Gasteiger partial charge in [0.1, 0.15) is 0 Å². The molecule has 1 N–H and O–H groups in total. The summed E-state index contributed by atoms with van der Waals surface area (Å²) in [4.78, 5) is 0. The largest absolute Gasteiger partial charge is 0.380 e. The second-order valence-electron chi connectivity index (χ2n) is 4.05. The molecule has 0 saturated heterocycles. The summed E-state index contributed by atoms with van der Waals surface area (Å²) in [6, 6.07) is 11.8. The molecule has 0 heterocycles. The van der Waals surface area contributed by atoms with Crippen molar-refractivity contribution in [3.05, 3.63) is 62.0 Å². The van der Waals surface area contributed by atoms with Gasteiger partial charge in [0.15, 0.2) is 0 Å². The Balaban J connectivity index is 2.16. The van der Waals surface area contributed by atoms with Crippen LogP contribution in [-0.4, -0.2) is 0 Å². The lowest BCUT2D eigenvalue weighted by Crippen LogP contribution is -2.01. The van der Waals surface area contributed by atoms with E-state index in [9.17, 15) is 0 Å². The summed E-state index contributed by atoms with van der Waals surface area (Å²) in [6.45, 7) is 2.70. The zero-order valence-electron chi connectivity index (χ0n) is 9.81. The van der Waals surface area contributed by atoms with Gasteiger partial charge < -0.3 is 5.32 Å². The van der Waals surface area contributed by atoms with Gasteiger partial charge in [-0.15, -0.1) is 0 Å². The molecule has 2 rings (SSSR count). The van der Waals surface area contributed by atoms with E-state index < -0.39 is 0 Å². The second kappa shape index (κ2) is 5.96. The predicted molar refractivity (Wildman–Crippen MR) is 82.7 cm³/mol. The molecule has 0 unspecified atom stereocenters. The van der Waals surface area contributed by atoms with E-state index in [-0.39, 0.29) is 0 Å². The van der Waals surface area contributed by atoms with Crippen molar-refractivity contribution < 1.29 is 0 Å². The van der Waals surface area contributed by atoms with Crippen LogP contribution in [0.5, 0.6) is 0 Å². The number of hydrogen-bond acceptors (Lipinski definition) is 1. The Morgan fingerprint density at radius 2 is 1.94 bits per heavy atom. The first-order chi connectivity index (χ1) is 8.58. The zero-order chi connectivity index (χ0) is 13.1. The van der Waals surface area contributed by atoms with Crippen molar-refractivity contribution in [2.75, 3.05) is 5.32 Å². The smallest absolute Gasteiger partial charge is 0.0642 e. The second-order valence-corrected chi connectivity index (χ2v) is 5.69. The van der Waals surface area contributed by atoms with Gasteiger partial charge in [-0.1, -0.05) is 41.4 Å². The standard InChI is InChI=1S/C14H12BrCl2N/c1-9-5-6-11(15)13(7-9)18-8-10-3-2-4-12(16)14(10)17/h2-7,18H,8H2,1H3. The molecule has 4 heteroatoms. The van der Waals surface area contributed by atoms with E-state index in [1.807, 2.05) is 18.2 Å². The molecule has 1 nitrogen and oxygen atoms in total. The summed E-state index contributed by atoms with van der Waals surface area (Å²) in [5, 5.41) is 4.54. The average Bonchev–Trinajstić information content (AvgIpc) is 2.35. The van der Waals surface area contributed by atoms with Gasteiger partial charge in [-0.3, -0.25) is 0 Å². The Morgan fingerprint density at radius 1 is 1.17 bits per heavy atom. The molecule has 0 amide bonds. The van der Waals surface area contributed by atoms with Crippen LogP contribution in [0.3, 0.4) is 0 Å². The third-order valence-electron chi connectivity index (χ3n) is 2.62. The Bertz CT molecular complexity index is 568. The number of halogens is 3. The average molecular weight is 345 g/mol. The number of anilines is 1. The highest BCUT2D eigenvalue weighted by Gasteiger charge is 2.05. The molecule has 0 aliphatic rings. The van der Waals surface area contributed by atoms with E-state index in [0.717, 1.165) is 15.7 Å². The molecular formula is C14H12BrCl2N. The summed E-state index contributed by atoms with van der Waals surface area (Å²) < 4.78 is 1.03. The van der Waals surface area contributed by atoms with Crippen molar-refractivity contribution in [2.24, 2.45) is 0 Å². The molecule has 2 aromatic carbocycles. The summed E-state index contributed by atoms with van der Waals surface area (Å²) in [7, 11) is 0. The fraction of sp³-hybridized carbons (Fsp3) is 0.143. The van der Waals surface area contributed by atoms with Crippen molar-refractivity contribution in [1.29, 1.82) is 0 Å². The first-order valence-corrected chi connectivity index (χ1v) is 7.06. The Kier molecular flexibility index (Phi) is 4.55. The maximum atomic E-state index is 6.15. The van der Waals surface area contributed by atoms with Crippen LogP contribution in [0, 0.1) is 6.92 Å². The summed E-state index contributed by atoms with van der Waals surface area (Å²) >= 11 is 15.6. The van der Waals surface area contributed by atoms with Crippen LogP contribution >= 0.6 is 39.1 Å². The van der Waals surface area contributed by atoms with Crippen LogP contribution in [0.2, 0.25) is 10.0 Å². The summed E-state index contributed by atoms with van der Waals surface area (Å²) in [6.07, 6.45) is 0. The van der Waals surface area contributed by atoms with Crippen molar-refractivity contribution in [3.8, 4) is 0 Å². The van der Waals surface area contributed by atoms with Gasteiger partial charge >= 0.3 is 0 Å². The van der Waals surface area contributed by atoms with Gasteiger partial charge in [-0.25, -0.2) is 0 Å². The Hall–Kier alpha value is -0.700. The van der Waals surface area contributed by atoms with Gasteiger partial charge in [0.2, 0.25) is 0 Å². The molecule has 0 bridgehead atoms. The van der Waals surface area contributed by atoms with Crippen LogP contribution in [0.25, 0.3) is 0 Å². The van der Waals surface area contributed by atoms with Gasteiger partial charge in [-0.05, 0) is 52.2 Å². The first-order valence-electron chi connectivity index (χ1n) is 5.51. The highest BCUT2D eigenvalue weighted by Crippen LogP contribution is 2.28. The normalized spacial score (nSPS) is 10.4. The number of rotatable bonds is 3. The quantitative estimate of drug-likeness (QED) is 0.755. The fourth-order valence-electron chi connectivity index (χ4n) is 1.65. The maximum absolute atomic E-state index is 6.15. The number of benzene rings is 2. The molecule has 0 aliphatic carbocycles. The molecule has 94 valence electrons. The number of hydrogen-bond donors (Lipinski definition) is 1. The molecule has 0 radical (unpaired) electrons. The van der Waals surface area contributed by atoms with Crippen molar-refractivity contribution >= 4 is 44.8 Å². The molecule has 2 aromatic rings. The minimum atomic E-state index is 0.583. The van der Waals surface area contributed by atoms with Gasteiger partial charge in [-0.2, -0.15) is 0 Å². The zero-order valence-corrected chi connectivity index (χ0v) is 12.9. The monoisotopic (exact) mass is 343 g/mol. The highest BCUT2D eigenvalue weighted by atomic mass is 79.9. The lowest BCUT2D eigenvalue weighted by Gasteiger charge is -2.11. The molecule has 0 saturated carbocycles. The van der Waals surface area contributed by atoms with Gasteiger partial charge in [0.25, 0.3) is 0 Å². The third kappa shape index (κ3) is 3.19. The van der Waals surface area contributed by atoms with Crippen molar-refractivity contribution in [2.45, 2.75) is 13.5 Å². The topological polar surface area (TPSA) is 12.0 Å². The predicted octanol–water partition coefficient (Wildman–Crippen LogP) is 5.68. The van der Waals surface area contributed by atoms with Crippen LogP contribution in [0.1, 0.15) is 11.1 Å². The minimum absolute atomic E-state index is 0.583. The first kappa shape index (κ1) is 13.7. The summed E-state index contributed by atoms with van der Waals surface area (Å²) in [5.74, 6) is 0. The Morgan fingerprint density at radius 3 is 2.72 bits per heavy atom. The molecule has 0 atom stereocenters. The van der Waals surface area contributed by atoms with E-state index in [0.29, 0.717) is 16.6 Å². The third-order valence-corrected chi connectivity index (χ3v) is 4.17. The molecule has 0 spiro atoms. The van der Waals surface area contributed by atoms with E-state index in [1.54, 1.807) is 6.07 Å². The lowest BCUT2D eigenvalue weighted by molar-refractivity contribution is 1.14. The SMILES string of the molecule is Cc1ccc(Br)c(NCc2cccc(Cl)c2Cl)c1. The van der Waals surface area contributed by atoms with Crippen LogP contribution < -0.4 is 5.32 Å². The van der Waals surface area contributed by atoms with E-state index in [4.69, 9.17) is 23.2 Å². The van der Waals surface area contributed by atoms with Crippen LogP contribution in [0.4, 0.5) is 5.69 Å². The molecule has 18 heavy (non-hydrogen) atoms. The minimum Gasteiger partial charge on any atom is -0.380 e. The van der Waals surface area contributed by atoms with E-state index >= 15 is 0 Å². The Labute approximate surface area is 125 Å². The lowest BCUT2D eigenvalue weighted by atomic mass is 10.2. The van der Waals surface area contributed by atoms with Crippen molar-refractivity contribution in [1.82, 2.24) is 0 Å². The number of nitrogens with one attached hydrogen (secondary N) is 1. The van der Waals surface area contributed by atoms with Gasteiger partial charge in [0.05, 0.1) is 10.0 Å². The number of aryl methyl sites for hydroxylation is 1. The molecule has 0 aromatic heterocycles. The van der Waals surface area contributed by atoms with Crippen LogP contribution in [-0.2, 0) is 6.54 Å². The maximum Gasteiger partial charge on any atom is 0.0642 e. The van der Waals surface area contributed by atoms with E-state index in [1.165, 1.54) is 5.56 Å². The van der Waals surface area contributed by atoms with Crippen molar-refractivity contribution in [3.63, 3.8) is 0 Å². The van der Waals surface area contributed by atoms with Gasteiger partial charge in [0, 0.05) is 16.7 Å². The molecule has 0 fully saturated rings. The molecule has 0 aliphatic heterocycles. The van der Waals surface area contributed by atoms with E-state index in [2.05, 4.69) is 40.3 Å².